The maximum atomic E-state index is 12.2. The molecule has 1 amide bonds. The molecule has 0 unspecified atom stereocenters. The lowest BCUT2D eigenvalue weighted by Gasteiger charge is -2.03. The number of aromatic hydroxyl groups is 2. The molecule has 4 aromatic rings. The third kappa shape index (κ3) is 4.79. The molecule has 0 spiro atoms. The van der Waals surface area contributed by atoms with Crippen molar-refractivity contribution in [3.63, 3.8) is 0 Å². The number of thiazole rings is 1. The minimum atomic E-state index is -0.352. The van der Waals surface area contributed by atoms with Gasteiger partial charge in [0.15, 0.2) is 4.34 Å². The number of aromatic nitrogens is 1. The molecule has 6 nitrogen and oxygen atoms in total. The topological polar surface area (TPSA) is 94.8 Å². The van der Waals surface area contributed by atoms with E-state index in [-0.39, 0.29) is 17.4 Å². The second kappa shape index (κ2) is 8.98. The van der Waals surface area contributed by atoms with Gasteiger partial charge in [-0.2, -0.15) is 5.10 Å². The number of benzene rings is 3. The zero-order valence-corrected chi connectivity index (χ0v) is 17.3. The fourth-order valence-corrected chi connectivity index (χ4v) is 4.70. The van der Waals surface area contributed by atoms with Crippen LogP contribution < -0.4 is 5.43 Å². The van der Waals surface area contributed by atoms with Crippen molar-refractivity contribution in [3.8, 4) is 11.5 Å². The largest absolute Gasteiger partial charge is 0.508 e. The van der Waals surface area contributed by atoms with E-state index in [1.165, 1.54) is 29.1 Å². The Kier molecular flexibility index (Phi) is 5.97. The van der Waals surface area contributed by atoms with E-state index in [2.05, 4.69) is 21.6 Å². The fraction of sp³-hybridized carbons (Fsp3) is 0.0455. The Balaban J connectivity index is 1.33. The van der Waals surface area contributed by atoms with Gasteiger partial charge in [-0.3, -0.25) is 4.79 Å². The lowest BCUT2D eigenvalue weighted by Crippen LogP contribution is -2.17. The lowest BCUT2D eigenvalue weighted by atomic mass is 10.1. The highest BCUT2D eigenvalue weighted by Crippen LogP contribution is 2.31. The van der Waals surface area contributed by atoms with Crippen LogP contribution in [0.3, 0.4) is 0 Å². The van der Waals surface area contributed by atoms with Crippen molar-refractivity contribution in [3.05, 3.63) is 83.4 Å². The van der Waals surface area contributed by atoms with E-state index in [0.717, 1.165) is 21.2 Å². The van der Waals surface area contributed by atoms with Crippen molar-refractivity contribution in [2.24, 2.45) is 5.10 Å². The van der Waals surface area contributed by atoms with E-state index >= 15 is 0 Å². The van der Waals surface area contributed by atoms with Crippen LogP contribution in [0, 0.1) is 0 Å². The lowest BCUT2D eigenvalue weighted by molar-refractivity contribution is 0.0955. The molecular weight excluding hydrogens is 418 g/mol. The van der Waals surface area contributed by atoms with Crippen LogP contribution in [0.15, 0.2) is 76.2 Å². The zero-order valence-electron chi connectivity index (χ0n) is 15.6. The summed E-state index contributed by atoms with van der Waals surface area (Å²) in [6, 6.07) is 19.5. The predicted octanol–water partition coefficient (Wildman–Crippen LogP) is 4.76. The number of carbonyl (C=O) groups excluding carboxylic acids is 1. The quantitative estimate of drug-likeness (QED) is 0.231. The van der Waals surface area contributed by atoms with Gasteiger partial charge in [0, 0.05) is 22.9 Å². The molecule has 0 atom stereocenters. The van der Waals surface area contributed by atoms with Crippen LogP contribution in [0.2, 0.25) is 0 Å². The van der Waals surface area contributed by atoms with Crippen LogP contribution in [0.25, 0.3) is 10.2 Å². The Morgan fingerprint density at radius 3 is 2.67 bits per heavy atom. The summed E-state index contributed by atoms with van der Waals surface area (Å²) < 4.78 is 2.19. The molecule has 4 rings (SSSR count). The molecule has 0 aliphatic heterocycles. The minimum Gasteiger partial charge on any atom is -0.508 e. The molecule has 1 heterocycles. The highest BCUT2D eigenvalue weighted by Gasteiger charge is 2.07. The third-order valence-electron chi connectivity index (χ3n) is 4.24. The summed E-state index contributed by atoms with van der Waals surface area (Å²) in [7, 11) is 0. The summed E-state index contributed by atoms with van der Waals surface area (Å²) in [5, 5.41) is 22.8. The molecule has 3 aromatic carbocycles. The normalized spacial score (nSPS) is 11.2. The van der Waals surface area contributed by atoms with Gasteiger partial charge >= 0.3 is 0 Å². The molecule has 0 fully saturated rings. The van der Waals surface area contributed by atoms with Crippen LogP contribution in [-0.2, 0) is 5.75 Å². The Morgan fingerprint density at radius 2 is 1.90 bits per heavy atom. The maximum Gasteiger partial charge on any atom is 0.271 e. The number of hydrazone groups is 1. The van der Waals surface area contributed by atoms with Crippen molar-refractivity contribution in [1.82, 2.24) is 10.4 Å². The highest BCUT2D eigenvalue weighted by atomic mass is 32.2. The first-order valence-corrected chi connectivity index (χ1v) is 10.8. The number of amides is 1. The molecule has 0 saturated heterocycles. The molecule has 0 aliphatic carbocycles. The first-order valence-electron chi connectivity index (χ1n) is 9.01. The Labute approximate surface area is 180 Å². The fourth-order valence-electron chi connectivity index (χ4n) is 2.68. The summed E-state index contributed by atoms with van der Waals surface area (Å²) >= 11 is 3.34. The van der Waals surface area contributed by atoms with Crippen molar-refractivity contribution in [1.29, 1.82) is 0 Å². The number of carbonyl (C=O) groups is 1. The van der Waals surface area contributed by atoms with E-state index < -0.39 is 0 Å². The number of nitrogens with one attached hydrogen (secondary N) is 1. The molecular formula is C22H17N3O3S2. The SMILES string of the molecule is O=C(NN=Cc1ccc(O)cc1O)c1ccc(CSc2nc3ccccc3s2)cc1. The van der Waals surface area contributed by atoms with Crippen LogP contribution in [0.5, 0.6) is 11.5 Å². The molecule has 0 aliphatic rings. The summed E-state index contributed by atoms with van der Waals surface area (Å²) in [4.78, 5) is 16.8. The highest BCUT2D eigenvalue weighted by molar-refractivity contribution is 8.00. The van der Waals surface area contributed by atoms with Gasteiger partial charge in [0.05, 0.1) is 16.4 Å². The van der Waals surface area contributed by atoms with Gasteiger partial charge in [-0.1, -0.05) is 36.0 Å². The average Bonchev–Trinajstić information content (AvgIpc) is 3.17. The molecule has 0 bridgehead atoms. The Bertz CT molecular complexity index is 1190. The van der Waals surface area contributed by atoms with Gasteiger partial charge in [-0.25, -0.2) is 10.4 Å². The third-order valence-corrected chi connectivity index (χ3v) is 6.49. The number of thioether (sulfide) groups is 1. The first kappa shape index (κ1) is 19.9. The van der Waals surface area contributed by atoms with E-state index in [1.54, 1.807) is 35.2 Å². The van der Waals surface area contributed by atoms with Gasteiger partial charge in [0.1, 0.15) is 11.5 Å². The second-order valence-electron chi connectivity index (χ2n) is 6.38. The van der Waals surface area contributed by atoms with E-state index in [9.17, 15) is 15.0 Å². The Hall–Kier alpha value is -3.36. The van der Waals surface area contributed by atoms with Gasteiger partial charge in [0.25, 0.3) is 5.91 Å². The van der Waals surface area contributed by atoms with Crippen LogP contribution in [0.4, 0.5) is 0 Å². The van der Waals surface area contributed by atoms with Gasteiger partial charge in [-0.15, -0.1) is 11.3 Å². The summed E-state index contributed by atoms with van der Waals surface area (Å²) in [5.74, 6) is 0.243. The van der Waals surface area contributed by atoms with E-state index in [1.807, 2.05) is 30.3 Å². The minimum absolute atomic E-state index is 0.0462. The van der Waals surface area contributed by atoms with Gasteiger partial charge in [-0.05, 0) is 42.0 Å². The zero-order chi connectivity index (χ0) is 20.9. The maximum absolute atomic E-state index is 12.2. The molecule has 8 heteroatoms. The second-order valence-corrected chi connectivity index (χ2v) is 8.63. The molecule has 0 radical (unpaired) electrons. The predicted molar refractivity (Wildman–Crippen MR) is 120 cm³/mol. The number of para-hydroxylation sites is 1. The van der Waals surface area contributed by atoms with Crippen LogP contribution in [0.1, 0.15) is 21.5 Å². The van der Waals surface area contributed by atoms with Gasteiger partial charge < -0.3 is 10.2 Å². The van der Waals surface area contributed by atoms with E-state index in [0.29, 0.717) is 11.1 Å². The smallest absolute Gasteiger partial charge is 0.271 e. The summed E-state index contributed by atoms with van der Waals surface area (Å²) in [6.07, 6.45) is 1.32. The molecule has 150 valence electrons. The van der Waals surface area contributed by atoms with Crippen molar-refractivity contribution in [2.75, 3.05) is 0 Å². The monoisotopic (exact) mass is 435 g/mol. The number of fused-ring (bicyclic) bond motifs is 1. The number of hydrogen-bond acceptors (Lipinski definition) is 7. The van der Waals surface area contributed by atoms with E-state index in [4.69, 9.17) is 0 Å². The standard InChI is InChI=1S/C22H17N3O3S2/c26-17-10-9-16(19(27)11-17)12-23-25-21(28)15-7-5-14(6-8-15)13-29-22-24-18-3-1-2-4-20(18)30-22/h1-12,26-27H,13H2,(H,25,28). The average molecular weight is 436 g/mol. The molecule has 0 saturated carbocycles. The van der Waals surface area contributed by atoms with Crippen LogP contribution in [-0.4, -0.2) is 27.3 Å². The number of nitrogens with zero attached hydrogens (tertiary/aromatic N) is 2. The number of phenols is 2. The molecule has 1 aromatic heterocycles. The first-order chi connectivity index (χ1) is 14.6. The number of phenolic OH excluding ortho intramolecular Hbond substituents is 2. The van der Waals surface area contributed by atoms with Crippen molar-refractivity contribution < 1.29 is 15.0 Å². The van der Waals surface area contributed by atoms with Crippen molar-refractivity contribution in [2.45, 2.75) is 10.1 Å². The molecule has 3 N–H and O–H groups in total. The Morgan fingerprint density at radius 1 is 1.10 bits per heavy atom. The van der Waals surface area contributed by atoms with Gasteiger partial charge in [0.2, 0.25) is 0 Å². The molecule has 30 heavy (non-hydrogen) atoms. The number of hydrogen-bond donors (Lipinski definition) is 3. The number of rotatable bonds is 6. The summed E-state index contributed by atoms with van der Waals surface area (Å²) in [5.41, 5.74) is 5.39. The van der Waals surface area contributed by atoms with Crippen LogP contribution >= 0.6 is 23.1 Å². The van der Waals surface area contributed by atoms with Crippen molar-refractivity contribution >= 4 is 45.4 Å². The summed E-state index contributed by atoms with van der Waals surface area (Å²) in [6.45, 7) is 0.